The molecule has 2 aromatic heterocycles. The number of thiazole rings is 1. The minimum atomic E-state index is -4.58. The summed E-state index contributed by atoms with van der Waals surface area (Å²) in [4.78, 5) is 30.5. The lowest BCUT2D eigenvalue weighted by Crippen LogP contribution is -2.31. The van der Waals surface area contributed by atoms with Gasteiger partial charge in [0.25, 0.3) is 5.91 Å². The summed E-state index contributed by atoms with van der Waals surface area (Å²) in [5.41, 5.74) is 0.365. The number of nitrogens with one attached hydrogen (secondary N) is 3. The SMILES string of the molecule is CC1=C(C(=O)Nc2cccc(C(F)(F)F)c2)[C@@H](c2ccco2)C(C#N)=C(SCC(=O)Nc2nc3ccccc3s2)N1. The number of carbonyl (C=O) groups is 2. The van der Waals surface area contributed by atoms with Gasteiger partial charge in [0, 0.05) is 11.4 Å². The van der Waals surface area contributed by atoms with E-state index >= 15 is 0 Å². The highest BCUT2D eigenvalue weighted by molar-refractivity contribution is 8.03. The molecular formula is C28H20F3N5O3S2. The van der Waals surface area contributed by atoms with Crippen molar-refractivity contribution in [3.05, 3.63) is 100 Å². The van der Waals surface area contributed by atoms with E-state index in [2.05, 4.69) is 27.0 Å². The Morgan fingerprint density at radius 2 is 1.95 bits per heavy atom. The van der Waals surface area contributed by atoms with Crippen LogP contribution >= 0.6 is 23.1 Å². The van der Waals surface area contributed by atoms with Gasteiger partial charge in [-0.3, -0.25) is 9.59 Å². The van der Waals surface area contributed by atoms with E-state index in [1.807, 2.05) is 24.3 Å². The number of fused-ring (bicyclic) bond motifs is 1. The molecule has 0 unspecified atom stereocenters. The molecule has 0 saturated carbocycles. The molecule has 41 heavy (non-hydrogen) atoms. The van der Waals surface area contributed by atoms with Gasteiger partial charge in [0.2, 0.25) is 5.91 Å². The van der Waals surface area contributed by atoms with Crippen LogP contribution in [0, 0.1) is 11.3 Å². The van der Waals surface area contributed by atoms with Gasteiger partial charge in [-0.05, 0) is 49.4 Å². The topological polar surface area (TPSA) is 120 Å². The van der Waals surface area contributed by atoms with Crippen LogP contribution in [0.25, 0.3) is 10.2 Å². The Labute approximate surface area is 239 Å². The number of para-hydroxylation sites is 1. The van der Waals surface area contributed by atoms with Gasteiger partial charge in [0.15, 0.2) is 5.13 Å². The quantitative estimate of drug-likeness (QED) is 0.220. The molecule has 3 N–H and O–H groups in total. The maximum atomic E-state index is 13.4. The zero-order valence-electron chi connectivity index (χ0n) is 21.2. The van der Waals surface area contributed by atoms with Gasteiger partial charge in [0.1, 0.15) is 5.76 Å². The maximum Gasteiger partial charge on any atom is 0.416 e. The number of carbonyl (C=O) groups excluding carboxylic acids is 2. The molecule has 2 aromatic carbocycles. The predicted octanol–water partition coefficient (Wildman–Crippen LogP) is 6.61. The average molecular weight is 596 g/mol. The Kier molecular flexibility index (Phi) is 7.87. The third-order valence-corrected chi connectivity index (χ3v) is 8.02. The molecule has 5 rings (SSSR count). The van der Waals surface area contributed by atoms with Crippen LogP contribution in [0.15, 0.2) is 93.2 Å². The molecule has 1 atom stereocenters. The minimum absolute atomic E-state index is 0.0579. The van der Waals surface area contributed by atoms with Crippen LogP contribution in [-0.4, -0.2) is 22.6 Å². The first-order valence-corrected chi connectivity index (χ1v) is 13.9. The molecule has 1 aliphatic heterocycles. The Balaban J connectivity index is 1.37. The fourth-order valence-electron chi connectivity index (χ4n) is 4.26. The molecule has 13 heteroatoms. The summed E-state index contributed by atoms with van der Waals surface area (Å²) in [6, 6.07) is 17.1. The number of hydrogen-bond donors (Lipinski definition) is 3. The third kappa shape index (κ3) is 6.13. The number of nitriles is 1. The number of aromatic nitrogens is 1. The van der Waals surface area contributed by atoms with E-state index in [4.69, 9.17) is 4.42 Å². The minimum Gasteiger partial charge on any atom is -0.468 e. The number of halogens is 3. The Bertz CT molecular complexity index is 1700. The smallest absolute Gasteiger partial charge is 0.416 e. The average Bonchev–Trinajstić information content (AvgIpc) is 3.61. The van der Waals surface area contributed by atoms with Crippen LogP contribution in [0.5, 0.6) is 0 Å². The Morgan fingerprint density at radius 1 is 1.15 bits per heavy atom. The van der Waals surface area contributed by atoms with Crippen LogP contribution in [0.2, 0.25) is 0 Å². The summed E-state index contributed by atoms with van der Waals surface area (Å²) < 4.78 is 46.1. The highest BCUT2D eigenvalue weighted by Gasteiger charge is 2.37. The number of amides is 2. The summed E-state index contributed by atoms with van der Waals surface area (Å²) in [5.74, 6) is -1.79. The van der Waals surface area contributed by atoms with E-state index in [9.17, 15) is 28.0 Å². The first-order valence-electron chi connectivity index (χ1n) is 12.1. The lowest BCUT2D eigenvalue weighted by molar-refractivity contribution is -0.137. The van der Waals surface area contributed by atoms with Crippen molar-refractivity contribution in [3.63, 3.8) is 0 Å². The summed E-state index contributed by atoms with van der Waals surface area (Å²) in [5, 5.41) is 19.2. The van der Waals surface area contributed by atoms with Crippen molar-refractivity contribution in [3.8, 4) is 6.07 Å². The number of dihydropyridines is 1. The van der Waals surface area contributed by atoms with E-state index < -0.39 is 23.6 Å². The number of thioether (sulfide) groups is 1. The lowest BCUT2D eigenvalue weighted by atomic mass is 9.85. The highest BCUT2D eigenvalue weighted by Crippen LogP contribution is 2.41. The van der Waals surface area contributed by atoms with Crippen LogP contribution in [0.4, 0.5) is 24.0 Å². The summed E-state index contributed by atoms with van der Waals surface area (Å²) in [6.45, 7) is 1.60. The fraction of sp³-hybridized carbons (Fsp3) is 0.143. The number of nitrogens with zero attached hydrogens (tertiary/aromatic N) is 2. The highest BCUT2D eigenvalue weighted by atomic mass is 32.2. The Hall–Kier alpha value is -4.54. The van der Waals surface area contributed by atoms with Crippen LogP contribution < -0.4 is 16.0 Å². The molecule has 0 aliphatic carbocycles. The standard InChI is InChI=1S/C28H20F3N5O3S2/c1-15-23(25(38)34-17-7-4-6-16(12-17)28(29,30)31)24(20-9-5-11-39-20)18(13-32)26(33-15)40-14-22(37)36-27-35-19-8-2-3-10-21(19)41-27/h2-12,24,33H,14H2,1H3,(H,34,38)(H,35,36,37)/t24-/m1/s1. The second-order valence-electron chi connectivity index (χ2n) is 8.82. The van der Waals surface area contributed by atoms with Gasteiger partial charge in [-0.15, -0.1) is 0 Å². The molecule has 0 bridgehead atoms. The largest absolute Gasteiger partial charge is 0.468 e. The molecule has 3 heterocycles. The maximum absolute atomic E-state index is 13.4. The van der Waals surface area contributed by atoms with Crippen molar-refractivity contribution in [2.75, 3.05) is 16.4 Å². The van der Waals surface area contributed by atoms with Gasteiger partial charge >= 0.3 is 6.18 Å². The van der Waals surface area contributed by atoms with Gasteiger partial charge < -0.3 is 20.4 Å². The van der Waals surface area contributed by atoms with Crippen LogP contribution in [0.3, 0.4) is 0 Å². The van der Waals surface area contributed by atoms with Crippen LogP contribution in [0.1, 0.15) is 24.2 Å². The number of hydrogen-bond acceptors (Lipinski definition) is 8. The molecule has 4 aromatic rings. The van der Waals surface area contributed by atoms with Crippen molar-refractivity contribution >= 4 is 55.9 Å². The zero-order chi connectivity index (χ0) is 29.1. The summed E-state index contributed by atoms with van der Waals surface area (Å²) in [7, 11) is 0. The lowest BCUT2D eigenvalue weighted by Gasteiger charge is -2.28. The number of benzene rings is 2. The van der Waals surface area contributed by atoms with E-state index in [0.717, 1.165) is 34.1 Å². The van der Waals surface area contributed by atoms with Gasteiger partial charge in [-0.2, -0.15) is 18.4 Å². The number of alkyl halides is 3. The molecular weight excluding hydrogens is 575 g/mol. The fourth-order valence-corrected chi connectivity index (χ4v) is 6.03. The number of allylic oxidation sites excluding steroid dienone is 2. The zero-order valence-corrected chi connectivity index (χ0v) is 22.8. The van der Waals surface area contributed by atoms with Crippen molar-refractivity contribution in [2.24, 2.45) is 0 Å². The summed E-state index contributed by atoms with van der Waals surface area (Å²) >= 11 is 2.41. The molecule has 1 aliphatic rings. The predicted molar refractivity (Wildman–Crippen MR) is 151 cm³/mol. The first kappa shape index (κ1) is 28.0. The Morgan fingerprint density at radius 3 is 2.66 bits per heavy atom. The number of rotatable bonds is 7. The molecule has 0 fully saturated rings. The molecule has 0 spiro atoms. The molecule has 0 radical (unpaired) electrons. The number of anilines is 2. The van der Waals surface area contributed by atoms with Crippen molar-refractivity contribution in [1.29, 1.82) is 5.26 Å². The number of furan rings is 1. The normalized spacial score (nSPS) is 15.4. The third-order valence-electron chi connectivity index (χ3n) is 6.06. The van der Waals surface area contributed by atoms with Crippen molar-refractivity contribution in [1.82, 2.24) is 10.3 Å². The molecule has 0 saturated heterocycles. The van der Waals surface area contributed by atoms with Crippen LogP contribution in [-0.2, 0) is 15.8 Å². The van der Waals surface area contributed by atoms with Gasteiger partial charge in [-0.1, -0.05) is 41.3 Å². The summed E-state index contributed by atoms with van der Waals surface area (Å²) in [6.07, 6.45) is -3.19. The van der Waals surface area contributed by atoms with Crippen molar-refractivity contribution < 1.29 is 27.2 Å². The second-order valence-corrected chi connectivity index (χ2v) is 10.8. The van der Waals surface area contributed by atoms with Gasteiger partial charge in [-0.25, -0.2) is 4.98 Å². The molecule has 208 valence electrons. The van der Waals surface area contributed by atoms with E-state index in [0.29, 0.717) is 15.9 Å². The van der Waals surface area contributed by atoms with E-state index in [1.54, 1.807) is 19.1 Å². The van der Waals surface area contributed by atoms with E-state index in [-0.39, 0.29) is 34.3 Å². The monoisotopic (exact) mass is 595 g/mol. The second kappa shape index (κ2) is 11.5. The van der Waals surface area contributed by atoms with Crippen molar-refractivity contribution in [2.45, 2.75) is 19.0 Å². The molecule has 2 amide bonds. The van der Waals surface area contributed by atoms with E-state index in [1.165, 1.54) is 29.7 Å². The first-order chi connectivity index (χ1) is 19.6. The van der Waals surface area contributed by atoms with Gasteiger partial charge in [0.05, 0.1) is 56.0 Å². The molecule has 8 nitrogen and oxygen atoms in total.